The molecular formula is C14H24N4O. The second kappa shape index (κ2) is 6.70. The zero-order chi connectivity index (χ0) is 13.7. The van der Waals surface area contributed by atoms with Gasteiger partial charge in [-0.05, 0) is 25.3 Å². The number of amides is 1. The van der Waals surface area contributed by atoms with Crippen molar-refractivity contribution in [2.45, 2.75) is 39.8 Å². The summed E-state index contributed by atoms with van der Waals surface area (Å²) in [6.45, 7) is 8.35. The van der Waals surface area contributed by atoms with Crippen molar-refractivity contribution in [1.82, 2.24) is 19.8 Å². The lowest BCUT2D eigenvalue weighted by molar-refractivity contribution is -0.130. The van der Waals surface area contributed by atoms with Gasteiger partial charge in [-0.1, -0.05) is 13.8 Å². The van der Waals surface area contributed by atoms with E-state index in [2.05, 4.69) is 24.1 Å². The van der Waals surface area contributed by atoms with Crippen molar-refractivity contribution in [3.8, 4) is 0 Å². The van der Waals surface area contributed by atoms with Gasteiger partial charge < -0.3 is 14.8 Å². The lowest BCUT2D eigenvalue weighted by atomic mass is 10.2. The molecule has 0 unspecified atom stereocenters. The Balaban J connectivity index is 1.78. The van der Waals surface area contributed by atoms with E-state index in [0.29, 0.717) is 12.5 Å². The third kappa shape index (κ3) is 4.35. The molecule has 1 aromatic rings. The second-order valence-corrected chi connectivity index (χ2v) is 5.65. The van der Waals surface area contributed by atoms with Crippen LogP contribution < -0.4 is 5.32 Å². The fourth-order valence-electron chi connectivity index (χ4n) is 2.30. The van der Waals surface area contributed by atoms with Crippen molar-refractivity contribution in [3.63, 3.8) is 0 Å². The first kappa shape index (κ1) is 14.1. The van der Waals surface area contributed by atoms with Crippen LogP contribution in [0.4, 0.5) is 0 Å². The predicted octanol–water partition coefficient (Wildman–Crippen LogP) is 1.25. The Kier molecular flexibility index (Phi) is 4.96. The molecule has 5 heteroatoms. The monoisotopic (exact) mass is 264 g/mol. The van der Waals surface area contributed by atoms with Crippen molar-refractivity contribution >= 4 is 5.91 Å². The Bertz CT molecular complexity index is 407. The Labute approximate surface area is 115 Å². The fraction of sp³-hybridized carbons (Fsp3) is 0.714. The maximum absolute atomic E-state index is 12.0. The van der Waals surface area contributed by atoms with Crippen LogP contribution >= 0.6 is 0 Å². The first-order valence-electron chi connectivity index (χ1n) is 7.14. The topological polar surface area (TPSA) is 50.2 Å². The number of nitrogens with one attached hydrogen (secondary N) is 1. The molecule has 1 aliphatic rings. The Morgan fingerprint density at radius 1 is 1.42 bits per heavy atom. The lowest BCUT2D eigenvalue weighted by Crippen LogP contribution is -2.30. The number of imidazole rings is 1. The third-order valence-corrected chi connectivity index (χ3v) is 3.32. The number of carbonyl (C=O) groups excluding carboxylic acids is 1. The minimum Gasteiger partial charge on any atom is -0.341 e. The van der Waals surface area contributed by atoms with Gasteiger partial charge in [0.05, 0.1) is 12.0 Å². The van der Waals surface area contributed by atoms with Crippen molar-refractivity contribution in [1.29, 1.82) is 0 Å². The van der Waals surface area contributed by atoms with E-state index in [1.54, 1.807) is 6.33 Å². The number of rotatable bonds is 6. The van der Waals surface area contributed by atoms with Gasteiger partial charge in [0.1, 0.15) is 6.54 Å². The Morgan fingerprint density at radius 3 is 2.84 bits per heavy atom. The van der Waals surface area contributed by atoms with Gasteiger partial charge in [-0.2, -0.15) is 0 Å². The standard InChI is InChI=1S/C14H24N4O/c1-12(2)7-15-8-13-9-17(11-16-13)10-14(19)18-5-3-4-6-18/h9,11-12,15H,3-8,10H2,1-2H3. The largest absolute Gasteiger partial charge is 0.341 e. The number of hydrogen-bond acceptors (Lipinski definition) is 3. The van der Waals surface area contributed by atoms with Gasteiger partial charge in [-0.25, -0.2) is 4.98 Å². The van der Waals surface area contributed by atoms with Crippen molar-refractivity contribution in [2.75, 3.05) is 19.6 Å². The van der Waals surface area contributed by atoms with Gasteiger partial charge in [0, 0.05) is 25.8 Å². The molecule has 0 aromatic carbocycles. The Morgan fingerprint density at radius 2 is 2.16 bits per heavy atom. The predicted molar refractivity (Wildman–Crippen MR) is 74.6 cm³/mol. The van der Waals surface area contributed by atoms with Crippen molar-refractivity contribution < 1.29 is 4.79 Å². The second-order valence-electron chi connectivity index (χ2n) is 5.65. The minimum absolute atomic E-state index is 0.205. The van der Waals surface area contributed by atoms with Crippen molar-refractivity contribution in [3.05, 3.63) is 18.2 Å². The summed E-state index contributed by atoms with van der Waals surface area (Å²) < 4.78 is 1.88. The van der Waals surface area contributed by atoms with Crippen LogP contribution in [0.15, 0.2) is 12.5 Å². The van der Waals surface area contributed by atoms with E-state index in [-0.39, 0.29) is 5.91 Å². The minimum atomic E-state index is 0.205. The molecule has 19 heavy (non-hydrogen) atoms. The van der Waals surface area contributed by atoms with Crippen LogP contribution in [0.3, 0.4) is 0 Å². The summed E-state index contributed by atoms with van der Waals surface area (Å²) in [7, 11) is 0. The maximum Gasteiger partial charge on any atom is 0.242 e. The average molecular weight is 264 g/mol. The molecule has 0 radical (unpaired) electrons. The van der Waals surface area contributed by atoms with Crippen LogP contribution in [0.25, 0.3) is 0 Å². The molecular weight excluding hydrogens is 240 g/mol. The smallest absolute Gasteiger partial charge is 0.242 e. The molecule has 1 aliphatic heterocycles. The van der Waals surface area contributed by atoms with Gasteiger partial charge >= 0.3 is 0 Å². The van der Waals surface area contributed by atoms with Gasteiger partial charge in [0.15, 0.2) is 0 Å². The average Bonchev–Trinajstić information content (AvgIpc) is 2.99. The fourth-order valence-corrected chi connectivity index (χ4v) is 2.30. The number of hydrogen-bond donors (Lipinski definition) is 1. The highest BCUT2D eigenvalue weighted by Crippen LogP contribution is 2.08. The van der Waals surface area contributed by atoms with E-state index < -0.39 is 0 Å². The van der Waals surface area contributed by atoms with E-state index >= 15 is 0 Å². The summed E-state index contributed by atoms with van der Waals surface area (Å²) in [5.74, 6) is 0.843. The highest BCUT2D eigenvalue weighted by Gasteiger charge is 2.17. The molecule has 0 atom stereocenters. The molecule has 106 valence electrons. The summed E-state index contributed by atoms with van der Waals surface area (Å²) >= 11 is 0. The molecule has 0 spiro atoms. The molecule has 1 aromatic heterocycles. The van der Waals surface area contributed by atoms with Crippen molar-refractivity contribution in [2.24, 2.45) is 5.92 Å². The molecule has 0 bridgehead atoms. The van der Waals surface area contributed by atoms with Crippen LogP contribution in [0.1, 0.15) is 32.4 Å². The summed E-state index contributed by atoms with van der Waals surface area (Å²) in [5.41, 5.74) is 0.995. The summed E-state index contributed by atoms with van der Waals surface area (Å²) in [4.78, 5) is 18.3. The molecule has 5 nitrogen and oxygen atoms in total. The molecule has 1 saturated heterocycles. The van der Waals surface area contributed by atoms with Gasteiger partial charge in [-0.15, -0.1) is 0 Å². The third-order valence-electron chi connectivity index (χ3n) is 3.32. The number of nitrogens with zero attached hydrogens (tertiary/aromatic N) is 3. The molecule has 0 aliphatic carbocycles. The van der Waals surface area contributed by atoms with Gasteiger partial charge in [-0.3, -0.25) is 4.79 Å². The quantitative estimate of drug-likeness (QED) is 0.841. The van der Waals surface area contributed by atoms with Crippen LogP contribution in [0.5, 0.6) is 0 Å². The van der Waals surface area contributed by atoms with E-state index in [4.69, 9.17) is 0 Å². The summed E-state index contributed by atoms with van der Waals surface area (Å²) in [6.07, 6.45) is 5.99. The normalized spacial score (nSPS) is 15.4. The number of carbonyl (C=O) groups is 1. The van der Waals surface area contributed by atoms with E-state index in [9.17, 15) is 4.79 Å². The first-order chi connectivity index (χ1) is 9.15. The molecule has 1 fully saturated rings. The molecule has 2 heterocycles. The van der Waals surface area contributed by atoms with Crippen LogP contribution in [-0.4, -0.2) is 40.0 Å². The summed E-state index contributed by atoms with van der Waals surface area (Å²) in [6, 6.07) is 0. The Hall–Kier alpha value is -1.36. The number of aromatic nitrogens is 2. The molecule has 1 N–H and O–H groups in total. The van der Waals surface area contributed by atoms with Crippen LogP contribution in [0.2, 0.25) is 0 Å². The van der Waals surface area contributed by atoms with Gasteiger partial charge in [0.25, 0.3) is 0 Å². The highest BCUT2D eigenvalue weighted by atomic mass is 16.2. The molecule has 2 rings (SSSR count). The maximum atomic E-state index is 12.0. The SMILES string of the molecule is CC(C)CNCc1cn(CC(=O)N2CCCC2)cn1. The van der Waals surface area contributed by atoms with Crippen LogP contribution in [0, 0.1) is 5.92 Å². The van der Waals surface area contributed by atoms with Gasteiger partial charge in [0.2, 0.25) is 5.91 Å². The zero-order valence-corrected chi connectivity index (χ0v) is 11.9. The first-order valence-corrected chi connectivity index (χ1v) is 7.14. The van der Waals surface area contributed by atoms with E-state index in [0.717, 1.165) is 44.7 Å². The van der Waals surface area contributed by atoms with Crippen LogP contribution in [-0.2, 0) is 17.9 Å². The van der Waals surface area contributed by atoms with E-state index in [1.165, 1.54) is 0 Å². The molecule has 0 saturated carbocycles. The number of likely N-dealkylation sites (tertiary alicyclic amines) is 1. The molecule has 1 amide bonds. The summed E-state index contributed by atoms with van der Waals surface area (Å²) in [5, 5.41) is 3.35. The highest BCUT2D eigenvalue weighted by molar-refractivity contribution is 5.76. The lowest BCUT2D eigenvalue weighted by Gasteiger charge is -2.15. The van der Waals surface area contributed by atoms with E-state index in [1.807, 2.05) is 15.7 Å². The zero-order valence-electron chi connectivity index (χ0n) is 11.9.